The highest BCUT2D eigenvalue weighted by molar-refractivity contribution is 5.80. The Bertz CT molecular complexity index is 565. The molecule has 0 radical (unpaired) electrons. The number of aliphatic imine (C=N–C) groups is 1. The number of hydrogen-bond donors (Lipinski definition) is 2. The van der Waals surface area contributed by atoms with Crippen LogP contribution in [0.2, 0.25) is 0 Å². The monoisotopic (exact) mass is 360 g/mol. The first-order valence-corrected chi connectivity index (χ1v) is 10.1. The minimum atomic E-state index is 0.528. The molecular weight excluding hydrogens is 324 g/mol. The van der Waals surface area contributed by atoms with E-state index in [0.29, 0.717) is 6.04 Å². The highest BCUT2D eigenvalue weighted by atomic mass is 16.5. The number of benzene rings is 1. The number of piperidine rings is 1. The molecule has 0 spiro atoms. The number of nitrogens with one attached hydrogen (secondary N) is 2. The second kappa shape index (κ2) is 11.1. The van der Waals surface area contributed by atoms with E-state index < -0.39 is 0 Å². The van der Waals surface area contributed by atoms with Crippen molar-refractivity contribution in [3.8, 4) is 5.75 Å². The van der Waals surface area contributed by atoms with Crippen molar-refractivity contribution in [3.05, 3.63) is 29.3 Å². The van der Waals surface area contributed by atoms with E-state index in [2.05, 4.69) is 54.5 Å². The highest BCUT2D eigenvalue weighted by Crippen LogP contribution is 2.19. The van der Waals surface area contributed by atoms with Gasteiger partial charge in [0.1, 0.15) is 5.75 Å². The Kier molecular flexibility index (Phi) is 8.75. The normalized spacial score (nSPS) is 16.5. The lowest BCUT2D eigenvalue weighted by Gasteiger charge is -2.32. The van der Waals surface area contributed by atoms with Crippen LogP contribution in [0, 0.1) is 6.92 Å². The Balaban J connectivity index is 1.84. The van der Waals surface area contributed by atoms with E-state index in [1.165, 1.54) is 50.0 Å². The lowest BCUT2D eigenvalue weighted by Crippen LogP contribution is -2.48. The smallest absolute Gasteiger partial charge is 0.191 e. The Morgan fingerprint density at radius 2 is 2.04 bits per heavy atom. The van der Waals surface area contributed by atoms with E-state index in [-0.39, 0.29) is 0 Å². The number of nitrogens with zero attached hydrogens (tertiary/aromatic N) is 2. The molecule has 146 valence electrons. The third-order valence-corrected chi connectivity index (χ3v) is 4.96. The molecule has 1 aliphatic rings. The minimum absolute atomic E-state index is 0.528. The van der Waals surface area contributed by atoms with Gasteiger partial charge in [0.2, 0.25) is 0 Å². The van der Waals surface area contributed by atoms with Gasteiger partial charge in [-0.25, -0.2) is 0 Å². The van der Waals surface area contributed by atoms with Crippen molar-refractivity contribution in [3.63, 3.8) is 0 Å². The van der Waals surface area contributed by atoms with E-state index in [9.17, 15) is 0 Å². The summed E-state index contributed by atoms with van der Waals surface area (Å²) in [4.78, 5) is 7.34. The summed E-state index contributed by atoms with van der Waals surface area (Å²) < 4.78 is 5.41. The zero-order valence-corrected chi connectivity index (χ0v) is 17.0. The largest absolute Gasteiger partial charge is 0.496 e. The van der Waals surface area contributed by atoms with Crippen LogP contribution >= 0.6 is 0 Å². The van der Waals surface area contributed by atoms with Gasteiger partial charge in [0.15, 0.2) is 5.96 Å². The lowest BCUT2D eigenvalue weighted by molar-refractivity contribution is 0.206. The van der Waals surface area contributed by atoms with Crippen LogP contribution in [0.5, 0.6) is 5.75 Å². The minimum Gasteiger partial charge on any atom is -0.496 e. The molecular formula is C21H36N4O. The Labute approximate surface area is 159 Å². The molecule has 5 heteroatoms. The molecule has 2 N–H and O–H groups in total. The Morgan fingerprint density at radius 3 is 2.69 bits per heavy atom. The van der Waals surface area contributed by atoms with Crippen LogP contribution < -0.4 is 15.4 Å². The topological polar surface area (TPSA) is 48.9 Å². The van der Waals surface area contributed by atoms with Crippen LogP contribution in [0.1, 0.15) is 44.2 Å². The van der Waals surface area contributed by atoms with Crippen LogP contribution in [0.25, 0.3) is 0 Å². The second-order valence-corrected chi connectivity index (χ2v) is 7.07. The second-order valence-electron chi connectivity index (χ2n) is 7.07. The summed E-state index contributed by atoms with van der Waals surface area (Å²) in [6.07, 6.45) is 4.55. The number of methoxy groups -OCH3 is 1. The van der Waals surface area contributed by atoms with Gasteiger partial charge in [-0.15, -0.1) is 0 Å². The first-order valence-electron chi connectivity index (χ1n) is 10.1. The molecule has 0 aliphatic carbocycles. The number of guanidine groups is 1. The lowest BCUT2D eigenvalue weighted by atomic mass is 10.1. The maximum Gasteiger partial charge on any atom is 0.191 e. The van der Waals surface area contributed by atoms with Gasteiger partial charge < -0.3 is 20.3 Å². The van der Waals surface area contributed by atoms with Gasteiger partial charge in [-0.3, -0.25) is 4.99 Å². The van der Waals surface area contributed by atoms with Gasteiger partial charge in [0.05, 0.1) is 7.11 Å². The van der Waals surface area contributed by atoms with Crippen LogP contribution in [-0.4, -0.2) is 56.7 Å². The van der Waals surface area contributed by atoms with Gasteiger partial charge in [-0.2, -0.15) is 0 Å². The third-order valence-electron chi connectivity index (χ3n) is 4.96. The van der Waals surface area contributed by atoms with E-state index in [1.54, 1.807) is 7.11 Å². The van der Waals surface area contributed by atoms with Crippen LogP contribution in [-0.2, 0) is 6.42 Å². The summed E-state index contributed by atoms with van der Waals surface area (Å²) in [5, 5.41) is 7.01. The molecule has 0 bridgehead atoms. The molecule has 1 saturated heterocycles. The van der Waals surface area contributed by atoms with Crippen molar-refractivity contribution in [1.82, 2.24) is 15.5 Å². The summed E-state index contributed by atoms with van der Waals surface area (Å²) in [6, 6.07) is 6.93. The number of likely N-dealkylation sites (tertiary alicyclic amines) is 1. The molecule has 1 aromatic carbocycles. The molecule has 5 nitrogen and oxygen atoms in total. The summed E-state index contributed by atoms with van der Waals surface area (Å²) in [5.74, 6) is 1.90. The fourth-order valence-corrected chi connectivity index (χ4v) is 3.45. The molecule has 0 aromatic heterocycles. The Hall–Kier alpha value is -1.75. The van der Waals surface area contributed by atoms with Crippen molar-refractivity contribution in [1.29, 1.82) is 0 Å². The van der Waals surface area contributed by atoms with E-state index in [1.807, 2.05) is 0 Å². The zero-order chi connectivity index (χ0) is 18.8. The molecule has 1 fully saturated rings. The fraction of sp³-hybridized carbons (Fsp3) is 0.667. The van der Waals surface area contributed by atoms with Gasteiger partial charge in [-0.05, 0) is 63.3 Å². The molecule has 0 unspecified atom stereocenters. The molecule has 0 atom stereocenters. The number of hydrogen-bond acceptors (Lipinski definition) is 3. The standard InChI is InChI=1S/C21H36N4O/c1-5-13-25-14-10-19(11-15-25)24-21(22-6-2)23-12-9-18-8-7-17(3)20(16-18)26-4/h7-8,16,19H,5-6,9-15H2,1-4H3,(H2,22,23,24). The number of rotatable bonds is 8. The number of aryl methyl sites for hydroxylation is 1. The van der Waals surface area contributed by atoms with Crippen molar-refractivity contribution >= 4 is 5.96 Å². The van der Waals surface area contributed by atoms with Gasteiger partial charge in [0, 0.05) is 32.2 Å². The average Bonchev–Trinajstić information content (AvgIpc) is 2.65. The molecule has 1 aromatic rings. The van der Waals surface area contributed by atoms with E-state index in [4.69, 9.17) is 9.73 Å². The molecule has 1 heterocycles. The summed E-state index contributed by atoms with van der Waals surface area (Å²) in [5.41, 5.74) is 2.43. The van der Waals surface area contributed by atoms with Crippen molar-refractivity contribution in [2.45, 2.75) is 52.5 Å². The zero-order valence-electron chi connectivity index (χ0n) is 17.0. The third kappa shape index (κ3) is 6.52. The summed E-state index contributed by atoms with van der Waals surface area (Å²) >= 11 is 0. The van der Waals surface area contributed by atoms with Crippen LogP contribution in [0.15, 0.2) is 23.2 Å². The SMILES string of the molecule is CCCN1CCC(NC(=NCCc2ccc(C)c(OC)c2)NCC)CC1. The first kappa shape index (κ1) is 20.6. The highest BCUT2D eigenvalue weighted by Gasteiger charge is 2.19. The van der Waals surface area contributed by atoms with E-state index >= 15 is 0 Å². The van der Waals surface area contributed by atoms with Crippen molar-refractivity contribution < 1.29 is 4.74 Å². The van der Waals surface area contributed by atoms with Gasteiger partial charge in [0.25, 0.3) is 0 Å². The van der Waals surface area contributed by atoms with Crippen molar-refractivity contribution in [2.75, 3.05) is 39.8 Å². The quantitative estimate of drug-likeness (QED) is 0.553. The summed E-state index contributed by atoms with van der Waals surface area (Å²) in [7, 11) is 1.73. The molecule has 2 rings (SSSR count). The number of ether oxygens (including phenoxy) is 1. The predicted octanol–water partition coefficient (Wildman–Crippen LogP) is 2.98. The average molecular weight is 361 g/mol. The molecule has 0 amide bonds. The Morgan fingerprint density at radius 1 is 1.27 bits per heavy atom. The summed E-state index contributed by atoms with van der Waals surface area (Å²) in [6.45, 7) is 11.7. The predicted molar refractivity (Wildman–Crippen MR) is 110 cm³/mol. The van der Waals surface area contributed by atoms with Crippen molar-refractivity contribution in [2.24, 2.45) is 4.99 Å². The molecule has 1 aliphatic heterocycles. The first-order chi connectivity index (χ1) is 12.7. The van der Waals surface area contributed by atoms with E-state index in [0.717, 1.165) is 31.2 Å². The fourth-order valence-electron chi connectivity index (χ4n) is 3.45. The van der Waals surface area contributed by atoms with Gasteiger partial charge in [-0.1, -0.05) is 19.1 Å². The van der Waals surface area contributed by atoms with Crippen LogP contribution in [0.4, 0.5) is 0 Å². The molecule has 0 saturated carbocycles. The maximum absolute atomic E-state index is 5.41. The maximum atomic E-state index is 5.41. The van der Waals surface area contributed by atoms with Crippen LogP contribution in [0.3, 0.4) is 0 Å². The van der Waals surface area contributed by atoms with Gasteiger partial charge >= 0.3 is 0 Å². The molecule has 26 heavy (non-hydrogen) atoms.